The van der Waals surface area contributed by atoms with Crippen LogP contribution in [0.3, 0.4) is 0 Å². The van der Waals surface area contributed by atoms with Crippen LogP contribution in [0.15, 0.2) is 47.6 Å². The van der Waals surface area contributed by atoms with Crippen LogP contribution >= 0.6 is 0 Å². The molecule has 3 fully saturated rings. The summed E-state index contributed by atoms with van der Waals surface area (Å²) in [4.78, 5) is 71.6. The van der Waals surface area contributed by atoms with Crippen molar-refractivity contribution in [1.29, 1.82) is 0 Å². The van der Waals surface area contributed by atoms with E-state index in [2.05, 4.69) is 0 Å². The van der Waals surface area contributed by atoms with Crippen molar-refractivity contribution >= 4 is 29.2 Å². The lowest BCUT2D eigenvalue weighted by Crippen LogP contribution is -2.60. The maximum absolute atomic E-state index is 14.3. The quantitative estimate of drug-likeness (QED) is 0.129. The minimum absolute atomic E-state index is 0.0221. The van der Waals surface area contributed by atoms with Crippen LogP contribution in [-0.4, -0.2) is 129 Å². The van der Waals surface area contributed by atoms with E-state index in [0.717, 1.165) is 5.57 Å². The molecule has 65 heavy (non-hydrogen) atoms. The fourth-order valence-corrected chi connectivity index (χ4v) is 10.3. The predicted octanol–water partition coefficient (Wildman–Crippen LogP) is 5.37. The molecule has 5 N–H and O–H groups in total. The standard InChI is InChI=1S/C51H79NO13/c1-30-14-10-9-11-15-31(2)38(28-53)26-39-19-17-36(7)51(62,65-39)48(59)49(60)52-21-13-12-16-41(52)50(61)64-44(33(4)24-37-18-20-42(55)45(25-37)63-8)27-43(56)32(3)23-35(6)47(58)40(29-54)46(57)34(5)22-30/h9-11,14-15,23,30,32-34,36-42,44-45,47,53-55,58,62H,12-13,16-22,24-29H2,1-8H3/b11-9+,14-10+,31-15+,35-23+/t30-,32-,33-,34-,36-,37+,38-,39+,40+,41+,42-,44+,45-,47-,51-/m1/s1. The Balaban J connectivity index is 1.70. The van der Waals surface area contributed by atoms with E-state index in [4.69, 9.17) is 14.2 Å². The highest BCUT2D eigenvalue weighted by Crippen LogP contribution is 2.38. The molecule has 0 unspecified atom stereocenters. The van der Waals surface area contributed by atoms with E-state index in [1.807, 2.05) is 51.2 Å². The molecule has 2 saturated heterocycles. The number of rotatable bonds is 6. The number of esters is 1. The van der Waals surface area contributed by atoms with Crippen molar-refractivity contribution in [1.82, 2.24) is 4.90 Å². The number of amides is 1. The summed E-state index contributed by atoms with van der Waals surface area (Å²) in [6.07, 6.45) is 12.1. The minimum Gasteiger partial charge on any atom is -0.460 e. The Labute approximate surface area is 386 Å². The first-order valence-electron chi connectivity index (χ1n) is 24.1. The number of ether oxygens (including phenoxy) is 3. The number of cyclic esters (lactones) is 1. The van der Waals surface area contributed by atoms with E-state index in [1.165, 1.54) is 4.90 Å². The van der Waals surface area contributed by atoms with Gasteiger partial charge in [0.05, 0.1) is 36.9 Å². The molecule has 3 heterocycles. The molecule has 2 bridgehead atoms. The maximum atomic E-state index is 14.3. The Morgan fingerprint density at radius 2 is 1.60 bits per heavy atom. The van der Waals surface area contributed by atoms with Crippen LogP contribution in [-0.2, 0) is 38.2 Å². The highest BCUT2D eigenvalue weighted by atomic mass is 16.6. The summed E-state index contributed by atoms with van der Waals surface area (Å²) in [7, 11) is 1.56. The van der Waals surface area contributed by atoms with Gasteiger partial charge in [-0.25, -0.2) is 4.79 Å². The van der Waals surface area contributed by atoms with Gasteiger partial charge in [-0.3, -0.25) is 19.2 Å². The Kier molecular flexibility index (Phi) is 21.0. The van der Waals surface area contributed by atoms with E-state index >= 15 is 0 Å². The number of aliphatic hydroxyl groups is 5. The fourth-order valence-electron chi connectivity index (χ4n) is 10.3. The predicted molar refractivity (Wildman–Crippen MR) is 245 cm³/mol. The lowest BCUT2D eigenvalue weighted by atomic mass is 9.78. The molecule has 366 valence electrons. The molecule has 0 aromatic carbocycles. The summed E-state index contributed by atoms with van der Waals surface area (Å²) in [5, 5.41) is 54.5. The third-order valence-electron chi connectivity index (χ3n) is 14.7. The molecule has 14 nitrogen and oxygen atoms in total. The summed E-state index contributed by atoms with van der Waals surface area (Å²) in [5.74, 6) is -9.80. The molecule has 0 spiro atoms. The summed E-state index contributed by atoms with van der Waals surface area (Å²) in [6, 6.07) is -1.16. The SMILES string of the molecule is CO[C@@H]1C[C@H](C[C@@H](C)[C@@H]2CC(=O)[C@H](C)/C=C(\C)[C@@H](O)[C@@H](CO)C(=O)[C@H](C)C[C@H](C)/C=C/C=C/C=C(\C)[C@@H](CO)C[C@@H]3CC[C@@H](C)[C@@](O)(O3)C(=O)C(=O)N3CCCC[C@H]3C(=O)O2)CC[C@H]1O. The van der Waals surface area contributed by atoms with E-state index in [-0.39, 0.29) is 73.8 Å². The second-order valence-corrected chi connectivity index (χ2v) is 19.9. The second kappa shape index (κ2) is 25.1. The normalized spacial score (nSPS) is 40.4. The molecular weight excluding hydrogens is 835 g/mol. The van der Waals surface area contributed by atoms with Crippen molar-refractivity contribution in [2.45, 2.75) is 168 Å². The molecule has 3 aliphatic heterocycles. The van der Waals surface area contributed by atoms with Crippen molar-refractivity contribution in [2.24, 2.45) is 47.3 Å². The Hall–Kier alpha value is -3.37. The van der Waals surface area contributed by atoms with Gasteiger partial charge in [-0.2, -0.15) is 0 Å². The molecule has 0 radical (unpaired) electrons. The fraction of sp³-hybridized carbons (Fsp3) is 0.745. The first-order chi connectivity index (χ1) is 30.7. The zero-order valence-electron chi connectivity index (χ0n) is 40.1. The first kappa shape index (κ1) is 54.2. The van der Waals surface area contributed by atoms with Gasteiger partial charge in [0, 0.05) is 50.4 Å². The number of piperidine rings is 1. The number of hydrogen-bond acceptors (Lipinski definition) is 13. The number of methoxy groups -OCH3 is 1. The Morgan fingerprint density at radius 3 is 2.28 bits per heavy atom. The Bertz CT molecular complexity index is 1760. The molecule has 14 heteroatoms. The average molecular weight is 914 g/mol. The van der Waals surface area contributed by atoms with E-state index < -0.39 is 84.2 Å². The Morgan fingerprint density at radius 1 is 0.877 bits per heavy atom. The summed E-state index contributed by atoms with van der Waals surface area (Å²) in [6.45, 7) is 11.7. The highest BCUT2D eigenvalue weighted by Gasteiger charge is 2.53. The molecule has 0 aromatic heterocycles. The van der Waals surface area contributed by atoms with Gasteiger partial charge in [0.25, 0.3) is 11.7 Å². The first-order valence-corrected chi connectivity index (χ1v) is 24.1. The monoisotopic (exact) mass is 914 g/mol. The van der Waals surface area contributed by atoms with Crippen LogP contribution in [0, 0.1) is 47.3 Å². The van der Waals surface area contributed by atoms with Crippen LogP contribution in [0.1, 0.15) is 126 Å². The number of fused-ring (bicyclic) bond motifs is 3. The number of ketones is 3. The van der Waals surface area contributed by atoms with Gasteiger partial charge in [0.1, 0.15) is 23.7 Å². The number of Topliss-reactive ketones (excluding diaryl/α,β-unsaturated/α-hetero) is 3. The van der Waals surface area contributed by atoms with E-state index in [1.54, 1.807) is 40.9 Å². The van der Waals surface area contributed by atoms with E-state index in [9.17, 15) is 49.5 Å². The van der Waals surface area contributed by atoms with Gasteiger partial charge in [-0.1, -0.05) is 76.6 Å². The second-order valence-electron chi connectivity index (χ2n) is 19.9. The third-order valence-corrected chi connectivity index (χ3v) is 14.7. The number of aliphatic hydroxyl groups excluding tert-OH is 4. The van der Waals surface area contributed by atoms with Gasteiger partial charge >= 0.3 is 5.97 Å². The van der Waals surface area contributed by atoms with E-state index in [0.29, 0.717) is 63.4 Å². The number of carbonyl (C=O) groups is 5. The number of carbonyl (C=O) groups excluding carboxylic acids is 5. The summed E-state index contributed by atoms with van der Waals surface area (Å²) < 4.78 is 17.9. The van der Waals surface area contributed by atoms with Gasteiger partial charge < -0.3 is 44.6 Å². The van der Waals surface area contributed by atoms with Gasteiger partial charge in [0.15, 0.2) is 0 Å². The number of nitrogens with zero attached hydrogens (tertiary/aromatic N) is 1. The molecular formula is C51H79NO13. The highest BCUT2D eigenvalue weighted by molar-refractivity contribution is 6.39. The topological polar surface area (TPSA) is 217 Å². The molecule has 1 saturated carbocycles. The maximum Gasteiger partial charge on any atom is 0.329 e. The minimum atomic E-state index is -2.46. The van der Waals surface area contributed by atoms with Crippen LogP contribution in [0.5, 0.6) is 0 Å². The van der Waals surface area contributed by atoms with Gasteiger partial charge in [0.2, 0.25) is 5.79 Å². The third kappa shape index (κ3) is 14.3. The molecule has 1 aliphatic carbocycles. The molecule has 4 aliphatic rings. The lowest BCUT2D eigenvalue weighted by Gasteiger charge is -2.43. The van der Waals surface area contributed by atoms with Crippen molar-refractivity contribution in [3.63, 3.8) is 0 Å². The molecule has 15 atom stereocenters. The van der Waals surface area contributed by atoms with Crippen LogP contribution < -0.4 is 0 Å². The molecule has 1 amide bonds. The molecule has 0 aromatic rings. The van der Waals surface area contributed by atoms with Crippen LogP contribution in [0.25, 0.3) is 0 Å². The smallest absolute Gasteiger partial charge is 0.329 e. The largest absolute Gasteiger partial charge is 0.460 e. The zero-order valence-corrected chi connectivity index (χ0v) is 40.1. The van der Waals surface area contributed by atoms with Crippen molar-refractivity contribution in [3.05, 3.63) is 47.6 Å². The number of hydrogen-bond donors (Lipinski definition) is 5. The van der Waals surface area contributed by atoms with Crippen molar-refractivity contribution in [2.75, 3.05) is 26.9 Å². The zero-order chi connectivity index (χ0) is 48.2. The lowest BCUT2D eigenvalue weighted by molar-refractivity contribution is -0.265. The molecule has 4 rings (SSSR count). The summed E-state index contributed by atoms with van der Waals surface area (Å²) in [5.41, 5.74) is 1.19. The van der Waals surface area contributed by atoms with Crippen molar-refractivity contribution < 1.29 is 63.7 Å². The van der Waals surface area contributed by atoms with Gasteiger partial charge in [-0.15, -0.1) is 0 Å². The number of allylic oxidation sites excluding steroid dienone is 6. The summed E-state index contributed by atoms with van der Waals surface area (Å²) >= 11 is 0. The average Bonchev–Trinajstić information content (AvgIpc) is 3.28. The van der Waals surface area contributed by atoms with Crippen LogP contribution in [0.2, 0.25) is 0 Å². The van der Waals surface area contributed by atoms with Crippen LogP contribution in [0.4, 0.5) is 0 Å². The van der Waals surface area contributed by atoms with Gasteiger partial charge in [-0.05, 0) is 108 Å². The van der Waals surface area contributed by atoms with Crippen molar-refractivity contribution in [3.8, 4) is 0 Å².